The first-order chi connectivity index (χ1) is 13.4. The first kappa shape index (κ1) is 24.7. The van der Waals surface area contributed by atoms with E-state index in [1.165, 1.54) is 15.9 Å². The molecule has 0 radical (unpaired) electrons. The van der Waals surface area contributed by atoms with Gasteiger partial charge in [-0.3, -0.25) is 0 Å². The Morgan fingerprint density at radius 3 is 1.07 bits per heavy atom. The fourth-order valence-corrected chi connectivity index (χ4v) is 4.88. The zero-order valence-electron chi connectivity index (χ0n) is 15.4. The molecule has 0 bridgehead atoms. The topological polar surface area (TPSA) is 0 Å². The van der Waals surface area contributed by atoms with Crippen molar-refractivity contribution in [2.24, 2.45) is 0 Å². The standard InChI is InChI=1S/C18H15P.C5H6.CH2Cl2.Ni/c1-4-10-16(11-5-1)19(17-12-6-2-7-13-17)18-14-8-3-9-15-18;1-2-4-5-3-1;2-1-3;/h1-15H;1-4H,5H2;1H2;/q;;;+2. The van der Waals surface area contributed by atoms with Gasteiger partial charge in [-0.25, -0.2) is 0 Å². The molecule has 1 aliphatic rings. The second-order valence-electron chi connectivity index (χ2n) is 5.54. The van der Waals surface area contributed by atoms with Crippen molar-refractivity contribution in [2.45, 2.75) is 6.42 Å². The average molecular weight is 472 g/mol. The predicted molar refractivity (Wildman–Crippen MR) is 125 cm³/mol. The second kappa shape index (κ2) is 15.6. The van der Waals surface area contributed by atoms with Crippen LogP contribution in [0.1, 0.15) is 6.42 Å². The van der Waals surface area contributed by atoms with Crippen LogP contribution in [0.4, 0.5) is 0 Å². The molecule has 146 valence electrons. The molecular formula is C24H23Cl2NiP+2. The summed E-state index contributed by atoms with van der Waals surface area (Å²) in [5.41, 5.74) is 0. The molecule has 1 aliphatic carbocycles. The number of halogens is 2. The molecule has 0 spiro atoms. The van der Waals surface area contributed by atoms with E-state index in [0.29, 0.717) is 0 Å². The van der Waals surface area contributed by atoms with Crippen molar-refractivity contribution in [1.82, 2.24) is 0 Å². The molecule has 0 aromatic heterocycles. The molecule has 0 unspecified atom stereocenters. The van der Waals surface area contributed by atoms with Crippen molar-refractivity contribution in [1.29, 1.82) is 0 Å². The van der Waals surface area contributed by atoms with Gasteiger partial charge >= 0.3 is 16.5 Å². The van der Waals surface area contributed by atoms with Gasteiger partial charge in [-0.2, -0.15) is 0 Å². The van der Waals surface area contributed by atoms with Crippen molar-refractivity contribution in [3.8, 4) is 0 Å². The maximum Gasteiger partial charge on any atom is 2.00 e. The minimum Gasteiger partial charge on any atom is -0.109 e. The third kappa shape index (κ3) is 8.77. The Hall–Kier alpha value is -1.36. The molecule has 0 atom stereocenters. The Morgan fingerprint density at radius 1 is 0.571 bits per heavy atom. The van der Waals surface area contributed by atoms with E-state index in [0.717, 1.165) is 6.42 Å². The molecule has 28 heavy (non-hydrogen) atoms. The van der Waals surface area contributed by atoms with Gasteiger partial charge in [0, 0.05) is 0 Å². The molecule has 3 aromatic carbocycles. The van der Waals surface area contributed by atoms with Crippen LogP contribution in [0.3, 0.4) is 0 Å². The average Bonchev–Trinajstić information content (AvgIpc) is 3.32. The SMILES string of the molecule is C1=CCC=C1.ClCCl.[Ni+2].c1ccc(P(c2ccccc2)c2ccccc2)cc1. The predicted octanol–water partition coefficient (Wildman–Crippen LogP) is 6.37. The van der Waals surface area contributed by atoms with Gasteiger partial charge in [-0.15, -0.1) is 23.2 Å². The van der Waals surface area contributed by atoms with Gasteiger partial charge in [0.25, 0.3) is 0 Å². The molecule has 0 fully saturated rings. The Morgan fingerprint density at radius 2 is 0.857 bits per heavy atom. The first-order valence-electron chi connectivity index (χ1n) is 8.75. The van der Waals surface area contributed by atoms with Crippen molar-refractivity contribution in [3.05, 3.63) is 115 Å². The van der Waals surface area contributed by atoms with Crippen LogP contribution in [-0.2, 0) is 16.5 Å². The first-order valence-corrected chi connectivity index (χ1v) is 11.2. The van der Waals surface area contributed by atoms with Gasteiger partial charge in [0.05, 0.1) is 5.34 Å². The summed E-state index contributed by atoms with van der Waals surface area (Å²) in [5.74, 6) is 0. The van der Waals surface area contributed by atoms with E-state index in [2.05, 4.69) is 115 Å². The zero-order chi connectivity index (χ0) is 19.2. The Kier molecular flexibility index (Phi) is 13.7. The summed E-state index contributed by atoms with van der Waals surface area (Å²) in [5, 5.41) is 4.39. The van der Waals surface area contributed by atoms with Crippen molar-refractivity contribution in [2.75, 3.05) is 5.34 Å². The largest absolute Gasteiger partial charge is 2.00 e. The van der Waals surface area contributed by atoms with Gasteiger partial charge in [0.2, 0.25) is 0 Å². The fraction of sp³-hybridized carbons (Fsp3) is 0.0833. The molecule has 0 saturated heterocycles. The molecule has 3 aromatic rings. The summed E-state index contributed by atoms with van der Waals surface area (Å²) < 4.78 is 0. The number of allylic oxidation sites excluding steroid dienone is 4. The normalized spacial score (nSPS) is 11.0. The van der Waals surface area contributed by atoms with Crippen molar-refractivity contribution < 1.29 is 16.5 Å². The zero-order valence-corrected chi connectivity index (χ0v) is 18.8. The van der Waals surface area contributed by atoms with E-state index in [1.807, 2.05) is 0 Å². The Labute approximate surface area is 190 Å². The summed E-state index contributed by atoms with van der Waals surface area (Å²) in [6, 6.07) is 32.3. The van der Waals surface area contributed by atoms with Gasteiger partial charge in [0.15, 0.2) is 0 Å². The molecule has 0 heterocycles. The maximum absolute atomic E-state index is 4.76. The van der Waals surface area contributed by atoms with Gasteiger partial charge in [0.1, 0.15) is 0 Å². The molecule has 4 rings (SSSR count). The third-order valence-electron chi connectivity index (χ3n) is 3.70. The number of rotatable bonds is 3. The van der Waals surface area contributed by atoms with Crippen LogP contribution in [0.2, 0.25) is 0 Å². The van der Waals surface area contributed by atoms with Gasteiger partial charge in [-0.05, 0) is 30.3 Å². The number of hydrogen-bond acceptors (Lipinski definition) is 0. The van der Waals surface area contributed by atoms with E-state index in [4.69, 9.17) is 23.2 Å². The monoisotopic (exact) mass is 470 g/mol. The Bertz CT molecular complexity index is 702. The number of hydrogen-bond donors (Lipinski definition) is 0. The Balaban J connectivity index is 0.000000368. The minimum absolute atomic E-state index is 0. The van der Waals surface area contributed by atoms with Crippen LogP contribution in [0.15, 0.2) is 115 Å². The molecular weight excluding hydrogens is 449 g/mol. The van der Waals surface area contributed by atoms with Gasteiger partial charge < -0.3 is 0 Å². The van der Waals surface area contributed by atoms with Crippen LogP contribution in [-0.4, -0.2) is 5.34 Å². The summed E-state index contributed by atoms with van der Waals surface area (Å²) in [6.45, 7) is 0. The van der Waals surface area contributed by atoms with E-state index in [-0.39, 0.29) is 21.8 Å². The van der Waals surface area contributed by atoms with E-state index < -0.39 is 7.92 Å². The summed E-state index contributed by atoms with van der Waals surface area (Å²) in [4.78, 5) is 0. The summed E-state index contributed by atoms with van der Waals surface area (Å²) in [7, 11) is -0.446. The number of alkyl halides is 2. The second-order valence-corrected chi connectivity index (χ2v) is 8.56. The van der Waals surface area contributed by atoms with Crippen LogP contribution >= 0.6 is 31.1 Å². The van der Waals surface area contributed by atoms with Crippen LogP contribution in [0.5, 0.6) is 0 Å². The van der Waals surface area contributed by atoms with E-state index in [9.17, 15) is 0 Å². The minimum atomic E-state index is -0.446. The van der Waals surface area contributed by atoms with E-state index in [1.54, 1.807) is 0 Å². The fourth-order valence-electron chi connectivity index (χ4n) is 2.57. The van der Waals surface area contributed by atoms with Crippen LogP contribution in [0, 0.1) is 0 Å². The molecule has 0 N–H and O–H groups in total. The summed E-state index contributed by atoms with van der Waals surface area (Å²) in [6.07, 6.45) is 9.50. The van der Waals surface area contributed by atoms with Crippen molar-refractivity contribution >= 4 is 47.0 Å². The van der Waals surface area contributed by atoms with Crippen molar-refractivity contribution in [3.63, 3.8) is 0 Å². The maximum atomic E-state index is 4.76. The smallest absolute Gasteiger partial charge is 0.109 e. The third-order valence-corrected chi connectivity index (χ3v) is 6.14. The molecule has 0 saturated carbocycles. The molecule has 0 amide bonds. The van der Waals surface area contributed by atoms with Gasteiger partial charge in [-0.1, -0.05) is 115 Å². The number of benzene rings is 3. The van der Waals surface area contributed by atoms with E-state index >= 15 is 0 Å². The van der Waals surface area contributed by atoms with Crippen LogP contribution in [0.25, 0.3) is 0 Å². The molecule has 0 nitrogen and oxygen atoms in total. The molecule has 4 heteroatoms. The molecule has 0 aliphatic heterocycles. The quantitative estimate of drug-likeness (QED) is 0.236. The summed E-state index contributed by atoms with van der Waals surface area (Å²) >= 11 is 9.53. The van der Waals surface area contributed by atoms with Crippen LogP contribution < -0.4 is 15.9 Å².